The summed E-state index contributed by atoms with van der Waals surface area (Å²) in [7, 11) is 0. The molecule has 0 N–H and O–H groups in total. The van der Waals surface area contributed by atoms with Crippen LogP contribution in [0.4, 0.5) is 0 Å². The third kappa shape index (κ3) is 4.20. The van der Waals surface area contributed by atoms with Gasteiger partial charge in [0.15, 0.2) is 0 Å². The molecule has 0 bridgehead atoms. The van der Waals surface area contributed by atoms with Gasteiger partial charge in [0, 0.05) is 30.2 Å². The van der Waals surface area contributed by atoms with Crippen LogP contribution >= 0.6 is 23.4 Å². The van der Waals surface area contributed by atoms with Gasteiger partial charge in [-0.3, -0.25) is 9.59 Å². The summed E-state index contributed by atoms with van der Waals surface area (Å²) >= 11 is 7.59. The van der Waals surface area contributed by atoms with Gasteiger partial charge in [0.25, 0.3) is 5.91 Å². The van der Waals surface area contributed by atoms with Crippen molar-refractivity contribution in [2.24, 2.45) is 0 Å². The van der Waals surface area contributed by atoms with E-state index in [4.69, 9.17) is 11.6 Å². The highest BCUT2D eigenvalue weighted by molar-refractivity contribution is 8.00. The van der Waals surface area contributed by atoms with Gasteiger partial charge in [-0.15, -0.1) is 11.8 Å². The highest BCUT2D eigenvalue weighted by Gasteiger charge is 2.33. The largest absolute Gasteiger partial charge is 0.339 e. The van der Waals surface area contributed by atoms with Crippen LogP contribution in [0.25, 0.3) is 0 Å². The summed E-state index contributed by atoms with van der Waals surface area (Å²) in [4.78, 5) is 28.9. The molecule has 2 aromatic carbocycles. The van der Waals surface area contributed by atoms with Crippen LogP contribution in [-0.4, -0.2) is 40.5 Å². The first-order valence-corrected chi connectivity index (χ1v) is 11.1. The molecule has 4 nitrogen and oxygen atoms in total. The molecule has 28 heavy (non-hydrogen) atoms. The van der Waals surface area contributed by atoms with Crippen LogP contribution in [0.5, 0.6) is 0 Å². The highest BCUT2D eigenvalue weighted by Crippen LogP contribution is 2.39. The minimum atomic E-state index is -0.0256. The number of thioether (sulfide) groups is 1. The molecule has 1 atom stereocenters. The number of carbonyl (C=O) groups excluding carboxylic acids is 2. The monoisotopic (exact) mass is 414 g/mol. The van der Waals surface area contributed by atoms with E-state index >= 15 is 0 Å². The van der Waals surface area contributed by atoms with Gasteiger partial charge in [-0.25, -0.2) is 0 Å². The molecule has 146 valence electrons. The molecule has 2 fully saturated rings. The van der Waals surface area contributed by atoms with E-state index in [0.717, 1.165) is 42.6 Å². The average Bonchev–Trinajstić information content (AvgIpc) is 3.10. The number of hydrogen-bond donors (Lipinski definition) is 0. The Bertz CT molecular complexity index is 848. The van der Waals surface area contributed by atoms with Crippen molar-refractivity contribution in [3.05, 3.63) is 70.2 Å². The molecular formula is C22H23ClN2O2S. The molecule has 2 heterocycles. The van der Waals surface area contributed by atoms with Crippen LogP contribution in [0.2, 0.25) is 5.02 Å². The number of benzene rings is 2. The van der Waals surface area contributed by atoms with E-state index < -0.39 is 0 Å². The Hall–Kier alpha value is -1.98. The summed E-state index contributed by atoms with van der Waals surface area (Å²) in [6, 6.07) is 15.4. The third-order valence-electron chi connectivity index (χ3n) is 5.32. The number of nitrogens with zero attached hydrogens (tertiary/aromatic N) is 2. The Labute approximate surface area is 174 Å². The van der Waals surface area contributed by atoms with Crippen molar-refractivity contribution in [2.75, 3.05) is 18.8 Å². The number of piperidine rings is 1. The van der Waals surface area contributed by atoms with Crippen molar-refractivity contribution in [2.45, 2.75) is 31.2 Å². The van der Waals surface area contributed by atoms with E-state index in [0.29, 0.717) is 17.3 Å². The first kappa shape index (κ1) is 19.3. The summed E-state index contributed by atoms with van der Waals surface area (Å²) < 4.78 is 0. The van der Waals surface area contributed by atoms with E-state index in [2.05, 4.69) is 0 Å². The van der Waals surface area contributed by atoms with Crippen molar-refractivity contribution < 1.29 is 9.59 Å². The number of carbonyl (C=O) groups is 2. The second kappa shape index (κ2) is 8.58. The molecule has 0 spiro atoms. The van der Waals surface area contributed by atoms with Crippen LogP contribution in [0, 0.1) is 0 Å². The quantitative estimate of drug-likeness (QED) is 0.725. The van der Waals surface area contributed by atoms with Crippen LogP contribution < -0.4 is 0 Å². The first-order chi connectivity index (χ1) is 13.6. The molecule has 0 aliphatic carbocycles. The predicted molar refractivity (Wildman–Crippen MR) is 113 cm³/mol. The molecule has 2 aliphatic heterocycles. The van der Waals surface area contributed by atoms with Crippen molar-refractivity contribution >= 4 is 35.2 Å². The molecule has 6 heteroatoms. The van der Waals surface area contributed by atoms with Crippen LogP contribution in [0.15, 0.2) is 48.5 Å². The summed E-state index contributed by atoms with van der Waals surface area (Å²) in [5.74, 6) is 0.727. The van der Waals surface area contributed by atoms with Crippen molar-refractivity contribution in [3.8, 4) is 0 Å². The summed E-state index contributed by atoms with van der Waals surface area (Å²) in [5, 5.41) is 0.665. The Kier molecular flexibility index (Phi) is 5.93. The van der Waals surface area contributed by atoms with E-state index in [1.54, 1.807) is 11.8 Å². The normalized spacial score (nSPS) is 19.9. The van der Waals surface area contributed by atoms with Gasteiger partial charge in [-0.1, -0.05) is 35.9 Å². The minimum Gasteiger partial charge on any atom is -0.339 e. The van der Waals surface area contributed by atoms with Gasteiger partial charge >= 0.3 is 0 Å². The van der Waals surface area contributed by atoms with Crippen LogP contribution in [-0.2, 0) is 11.3 Å². The number of likely N-dealkylation sites (tertiary alicyclic amines) is 1. The topological polar surface area (TPSA) is 40.6 Å². The van der Waals surface area contributed by atoms with Crippen LogP contribution in [0.1, 0.15) is 46.1 Å². The van der Waals surface area contributed by atoms with Gasteiger partial charge in [0.1, 0.15) is 5.37 Å². The lowest BCUT2D eigenvalue weighted by molar-refractivity contribution is -0.128. The number of amides is 2. The second-order valence-electron chi connectivity index (χ2n) is 7.29. The third-order valence-corrected chi connectivity index (χ3v) is 6.83. The highest BCUT2D eigenvalue weighted by atomic mass is 35.5. The van der Waals surface area contributed by atoms with Gasteiger partial charge in [-0.2, -0.15) is 0 Å². The molecule has 0 radical (unpaired) electrons. The maximum Gasteiger partial charge on any atom is 0.253 e. The zero-order valence-corrected chi connectivity index (χ0v) is 17.2. The van der Waals surface area contributed by atoms with E-state index in [9.17, 15) is 9.59 Å². The van der Waals surface area contributed by atoms with E-state index in [1.807, 2.05) is 58.3 Å². The lowest BCUT2D eigenvalue weighted by Gasteiger charge is -2.27. The molecule has 2 aromatic rings. The van der Waals surface area contributed by atoms with Gasteiger partial charge in [0.05, 0.1) is 5.75 Å². The first-order valence-electron chi connectivity index (χ1n) is 9.66. The maximum atomic E-state index is 12.7. The fourth-order valence-electron chi connectivity index (χ4n) is 3.76. The Morgan fingerprint density at radius 2 is 1.68 bits per heavy atom. The van der Waals surface area contributed by atoms with Crippen molar-refractivity contribution in [1.29, 1.82) is 0 Å². The van der Waals surface area contributed by atoms with Crippen LogP contribution in [0.3, 0.4) is 0 Å². The molecule has 2 aliphatic rings. The van der Waals surface area contributed by atoms with Gasteiger partial charge in [-0.05, 0) is 54.7 Å². The molecule has 2 amide bonds. The summed E-state index contributed by atoms with van der Waals surface area (Å²) in [5.41, 5.74) is 2.84. The van der Waals surface area contributed by atoms with Gasteiger partial charge in [0.2, 0.25) is 5.91 Å². The number of rotatable bonds is 4. The smallest absolute Gasteiger partial charge is 0.253 e. The Morgan fingerprint density at radius 1 is 1.00 bits per heavy atom. The fourth-order valence-corrected chi connectivity index (χ4v) is 5.07. The molecular weight excluding hydrogens is 392 g/mol. The second-order valence-corrected chi connectivity index (χ2v) is 8.79. The zero-order valence-electron chi connectivity index (χ0n) is 15.6. The summed E-state index contributed by atoms with van der Waals surface area (Å²) in [6.45, 7) is 2.26. The molecule has 0 unspecified atom stereocenters. The van der Waals surface area contributed by atoms with Crippen molar-refractivity contribution in [1.82, 2.24) is 9.80 Å². The van der Waals surface area contributed by atoms with Crippen molar-refractivity contribution in [3.63, 3.8) is 0 Å². The fraction of sp³-hybridized carbons (Fsp3) is 0.364. The Balaban J connectivity index is 1.48. The lowest BCUT2D eigenvalue weighted by Crippen LogP contribution is -2.35. The van der Waals surface area contributed by atoms with E-state index in [1.165, 1.54) is 6.42 Å². The zero-order chi connectivity index (χ0) is 19.5. The SMILES string of the molecule is O=C(c1ccc([C@@H]2SCC(=O)N2Cc2ccc(Cl)cc2)cc1)N1CCCCC1. The summed E-state index contributed by atoms with van der Waals surface area (Å²) in [6.07, 6.45) is 3.38. The minimum absolute atomic E-state index is 0.0256. The Morgan fingerprint density at radius 3 is 2.36 bits per heavy atom. The molecule has 0 aromatic heterocycles. The standard InChI is InChI=1S/C22H23ClN2O2S/c23-19-10-4-16(5-11-19)14-25-20(26)15-28-22(25)18-8-6-17(7-9-18)21(27)24-12-2-1-3-13-24/h4-11,22H,1-3,12-15H2/t22-/m0/s1. The molecule has 0 saturated carbocycles. The van der Waals surface area contributed by atoms with Gasteiger partial charge < -0.3 is 9.80 Å². The molecule has 4 rings (SSSR count). The lowest BCUT2D eigenvalue weighted by atomic mass is 10.1. The molecule has 2 saturated heterocycles. The maximum absolute atomic E-state index is 12.7. The number of halogens is 1. The van der Waals surface area contributed by atoms with E-state index in [-0.39, 0.29) is 17.2 Å². The predicted octanol–water partition coefficient (Wildman–Crippen LogP) is 4.74. The number of hydrogen-bond acceptors (Lipinski definition) is 3. The average molecular weight is 415 g/mol.